The number of carbonyl (C=O) groups is 1. The van der Waals surface area contributed by atoms with Crippen molar-refractivity contribution in [3.8, 4) is 16.9 Å². The van der Waals surface area contributed by atoms with Crippen molar-refractivity contribution >= 4 is 16.0 Å². The Morgan fingerprint density at radius 3 is 2.32 bits per heavy atom. The normalized spacial score (nSPS) is 11.5. The van der Waals surface area contributed by atoms with Gasteiger partial charge in [0, 0.05) is 19.2 Å². The number of nitrogens with zero attached hydrogens (tertiary/aromatic N) is 1. The van der Waals surface area contributed by atoms with Crippen LogP contribution in [0.4, 0.5) is 0 Å². The van der Waals surface area contributed by atoms with Crippen LogP contribution in [-0.2, 0) is 21.4 Å². The van der Waals surface area contributed by atoms with E-state index in [-0.39, 0.29) is 11.4 Å². The van der Waals surface area contributed by atoms with Gasteiger partial charge in [0.15, 0.2) is 6.61 Å². The van der Waals surface area contributed by atoms with Crippen molar-refractivity contribution in [1.29, 1.82) is 0 Å². The fourth-order valence-electron chi connectivity index (χ4n) is 3.21. The molecule has 0 bridgehead atoms. The third kappa shape index (κ3) is 5.51. The van der Waals surface area contributed by atoms with E-state index in [2.05, 4.69) is 0 Å². The first kappa shape index (κ1) is 22.5. The van der Waals surface area contributed by atoms with Crippen LogP contribution in [0.3, 0.4) is 0 Å². The third-order valence-electron chi connectivity index (χ3n) is 4.86. The molecule has 0 saturated carbocycles. The Morgan fingerprint density at radius 1 is 0.968 bits per heavy atom. The van der Waals surface area contributed by atoms with E-state index in [1.54, 1.807) is 36.4 Å². The van der Waals surface area contributed by atoms with Crippen molar-refractivity contribution in [2.24, 2.45) is 0 Å². The predicted molar refractivity (Wildman–Crippen MR) is 120 cm³/mol. The van der Waals surface area contributed by atoms with Gasteiger partial charge in [-0.3, -0.25) is 0 Å². The molecular weight excluding hydrogens is 414 g/mol. The minimum atomic E-state index is -3.65. The fourth-order valence-corrected chi connectivity index (χ4v) is 4.37. The average Bonchev–Trinajstić information content (AvgIpc) is 2.73. The molecule has 0 spiro atoms. The minimum Gasteiger partial charge on any atom is -0.481 e. The molecule has 3 rings (SSSR count). The first-order chi connectivity index (χ1) is 14.7. The lowest BCUT2D eigenvalue weighted by molar-refractivity contribution is -0.139. The van der Waals surface area contributed by atoms with E-state index < -0.39 is 22.6 Å². The number of carboxylic acids is 1. The van der Waals surface area contributed by atoms with Gasteiger partial charge < -0.3 is 9.84 Å². The van der Waals surface area contributed by atoms with Gasteiger partial charge in [-0.15, -0.1) is 0 Å². The number of carboxylic acid groups (broad SMARTS) is 1. The molecule has 0 fully saturated rings. The summed E-state index contributed by atoms with van der Waals surface area (Å²) in [6.07, 6.45) is 0. The first-order valence-corrected chi connectivity index (χ1v) is 11.2. The molecule has 3 aromatic carbocycles. The highest BCUT2D eigenvalue weighted by atomic mass is 32.2. The molecule has 0 amide bonds. The molecule has 0 aliphatic rings. The molecule has 31 heavy (non-hydrogen) atoms. The molecular formula is C24H25NO5S. The molecule has 0 atom stereocenters. The Bertz CT molecular complexity index is 1190. The molecule has 162 valence electrons. The van der Waals surface area contributed by atoms with Gasteiger partial charge in [-0.05, 0) is 49.2 Å². The van der Waals surface area contributed by atoms with E-state index in [1.807, 2.05) is 44.2 Å². The van der Waals surface area contributed by atoms with E-state index in [9.17, 15) is 13.2 Å². The van der Waals surface area contributed by atoms with Gasteiger partial charge in [0.1, 0.15) is 5.75 Å². The number of aliphatic carboxylic acids is 1. The van der Waals surface area contributed by atoms with Gasteiger partial charge in [0.05, 0.1) is 4.90 Å². The maximum atomic E-state index is 12.9. The smallest absolute Gasteiger partial charge is 0.341 e. The molecule has 7 heteroatoms. The lowest BCUT2D eigenvalue weighted by Gasteiger charge is -2.19. The highest BCUT2D eigenvalue weighted by molar-refractivity contribution is 7.89. The van der Waals surface area contributed by atoms with Crippen LogP contribution in [0.1, 0.15) is 16.7 Å². The standard InChI is InChI=1S/C24H25NO5S/c1-17-7-10-21(11-8-17)31(28,29)25(3)15-19-9-12-23(30-16-24(26)27)22(14-19)20-6-4-5-18(2)13-20/h4-14H,15-16H2,1-3H3,(H,26,27). The van der Waals surface area contributed by atoms with E-state index in [4.69, 9.17) is 9.84 Å². The second-order valence-electron chi connectivity index (χ2n) is 7.46. The largest absolute Gasteiger partial charge is 0.481 e. The van der Waals surface area contributed by atoms with Crippen molar-refractivity contribution < 1.29 is 23.1 Å². The summed E-state index contributed by atoms with van der Waals surface area (Å²) in [6, 6.07) is 19.8. The minimum absolute atomic E-state index is 0.161. The molecule has 0 aliphatic heterocycles. The molecule has 0 aliphatic carbocycles. The Labute approximate surface area is 182 Å². The highest BCUT2D eigenvalue weighted by Crippen LogP contribution is 2.32. The maximum Gasteiger partial charge on any atom is 0.341 e. The Morgan fingerprint density at radius 2 is 1.68 bits per heavy atom. The lowest BCUT2D eigenvalue weighted by atomic mass is 10.00. The summed E-state index contributed by atoms with van der Waals surface area (Å²) in [6.45, 7) is 3.57. The highest BCUT2D eigenvalue weighted by Gasteiger charge is 2.21. The summed E-state index contributed by atoms with van der Waals surface area (Å²) < 4.78 is 32.6. The topological polar surface area (TPSA) is 83.9 Å². The third-order valence-corrected chi connectivity index (χ3v) is 6.68. The molecule has 6 nitrogen and oxygen atoms in total. The van der Waals surface area contributed by atoms with Crippen molar-refractivity contribution in [1.82, 2.24) is 4.31 Å². The van der Waals surface area contributed by atoms with Crippen LogP contribution in [0, 0.1) is 13.8 Å². The van der Waals surface area contributed by atoms with E-state index in [1.165, 1.54) is 11.4 Å². The van der Waals surface area contributed by atoms with Crippen molar-refractivity contribution in [2.75, 3.05) is 13.7 Å². The molecule has 0 radical (unpaired) electrons. The number of sulfonamides is 1. The van der Waals surface area contributed by atoms with Crippen molar-refractivity contribution in [2.45, 2.75) is 25.3 Å². The number of ether oxygens (including phenoxy) is 1. The van der Waals surface area contributed by atoms with Crippen molar-refractivity contribution in [3.05, 3.63) is 83.4 Å². The van der Waals surface area contributed by atoms with Gasteiger partial charge in [-0.2, -0.15) is 4.31 Å². The summed E-state index contributed by atoms with van der Waals surface area (Å²) in [5, 5.41) is 8.97. The Hall–Kier alpha value is -3.16. The predicted octanol–water partition coefficient (Wildman–Crippen LogP) is 4.25. The second-order valence-corrected chi connectivity index (χ2v) is 9.50. The van der Waals surface area contributed by atoms with Crippen LogP contribution in [0.5, 0.6) is 5.75 Å². The van der Waals surface area contributed by atoms with Gasteiger partial charge in [-0.1, -0.05) is 53.6 Å². The van der Waals surface area contributed by atoms with Gasteiger partial charge in [0.25, 0.3) is 0 Å². The van der Waals surface area contributed by atoms with Crippen LogP contribution in [0.25, 0.3) is 11.1 Å². The lowest BCUT2D eigenvalue weighted by Crippen LogP contribution is -2.26. The summed E-state index contributed by atoms with van der Waals surface area (Å²) in [4.78, 5) is 11.2. The Balaban J connectivity index is 1.93. The zero-order valence-electron chi connectivity index (χ0n) is 17.7. The fraction of sp³-hybridized carbons (Fsp3) is 0.208. The average molecular weight is 440 g/mol. The van der Waals surface area contributed by atoms with Crippen LogP contribution >= 0.6 is 0 Å². The summed E-state index contributed by atoms with van der Waals surface area (Å²) in [7, 11) is -2.11. The number of hydrogen-bond acceptors (Lipinski definition) is 4. The Kier molecular flexibility index (Phi) is 6.77. The van der Waals surface area contributed by atoms with Crippen molar-refractivity contribution in [3.63, 3.8) is 0 Å². The van der Waals surface area contributed by atoms with E-state index in [0.717, 1.165) is 22.3 Å². The van der Waals surface area contributed by atoms with Gasteiger partial charge in [0.2, 0.25) is 10.0 Å². The quantitative estimate of drug-likeness (QED) is 0.567. The SMILES string of the molecule is Cc1ccc(S(=O)(=O)N(C)Cc2ccc(OCC(=O)O)c(-c3cccc(C)c3)c2)cc1. The zero-order valence-corrected chi connectivity index (χ0v) is 18.5. The van der Waals surface area contributed by atoms with Crippen LogP contribution in [0.15, 0.2) is 71.6 Å². The van der Waals surface area contributed by atoms with E-state index in [0.29, 0.717) is 11.3 Å². The molecule has 0 saturated heterocycles. The van der Waals surface area contributed by atoms with Crippen LogP contribution < -0.4 is 4.74 Å². The molecule has 0 aromatic heterocycles. The molecule has 0 unspecified atom stereocenters. The van der Waals surface area contributed by atoms with E-state index >= 15 is 0 Å². The van der Waals surface area contributed by atoms with Gasteiger partial charge in [-0.25, -0.2) is 13.2 Å². The van der Waals surface area contributed by atoms with Gasteiger partial charge >= 0.3 is 5.97 Å². The monoisotopic (exact) mass is 439 g/mol. The van der Waals surface area contributed by atoms with Crippen LogP contribution in [-0.4, -0.2) is 37.5 Å². The van der Waals surface area contributed by atoms with Crippen LogP contribution in [0.2, 0.25) is 0 Å². The summed E-state index contributed by atoms with van der Waals surface area (Å²) in [5.41, 5.74) is 4.37. The molecule has 1 N–H and O–H groups in total. The zero-order chi connectivity index (χ0) is 22.6. The molecule has 0 heterocycles. The number of rotatable bonds is 8. The first-order valence-electron chi connectivity index (χ1n) is 9.74. The molecule has 3 aromatic rings. The summed E-state index contributed by atoms with van der Waals surface area (Å²) >= 11 is 0. The maximum absolute atomic E-state index is 12.9. The number of hydrogen-bond donors (Lipinski definition) is 1. The number of benzene rings is 3. The summed E-state index contributed by atoms with van der Waals surface area (Å²) in [5.74, 6) is -0.635. The number of aryl methyl sites for hydroxylation is 2. The second kappa shape index (κ2) is 9.32.